The zero-order chi connectivity index (χ0) is 14.8. The third-order valence-corrected chi connectivity index (χ3v) is 4.14. The van der Waals surface area contributed by atoms with Crippen LogP contribution in [0.4, 0.5) is 5.69 Å². The highest BCUT2D eigenvalue weighted by molar-refractivity contribution is 5.94. The summed E-state index contributed by atoms with van der Waals surface area (Å²) in [5.41, 5.74) is 2.43. The van der Waals surface area contributed by atoms with E-state index < -0.39 is 0 Å². The summed E-state index contributed by atoms with van der Waals surface area (Å²) in [6.45, 7) is 8.50. The molecule has 0 saturated carbocycles. The summed E-state index contributed by atoms with van der Waals surface area (Å²) in [5, 5.41) is 3.30. The molecule has 1 heterocycles. The molecule has 0 atom stereocenters. The van der Waals surface area contributed by atoms with Crippen LogP contribution < -0.4 is 10.2 Å². The van der Waals surface area contributed by atoms with Gasteiger partial charge in [-0.3, -0.25) is 4.79 Å². The molecule has 0 aromatic heterocycles. The van der Waals surface area contributed by atoms with Crippen LogP contribution in [0.2, 0.25) is 0 Å². The maximum Gasteiger partial charge on any atom is 0.229 e. The third-order valence-electron chi connectivity index (χ3n) is 4.14. The van der Waals surface area contributed by atoms with Crippen molar-refractivity contribution in [1.82, 2.24) is 5.32 Å². The molecule has 0 aliphatic carbocycles. The first-order valence-electron chi connectivity index (χ1n) is 7.48. The summed E-state index contributed by atoms with van der Waals surface area (Å²) in [6.07, 6.45) is 1.90. The minimum Gasteiger partial charge on any atom is -0.317 e. The summed E-state index contributed by atoms with van der Waals surface area (Å²) in [5.74, 6) is 0.415. The van der Waals surface area contributed by atoms with Crippen LogP contribution in [0.5, 0.6) is 0 Å². The Morgan fingerprint density at radius 2 is 1.67 bits per heavy atom. The normalized spacial score (nSPS) is 16.2. The van der Waals surface area contributed by atoms with Gasteiger partial charge in [-0.2, -0.15) is 0 Å². The molecule has 2 rings (SSSR count). The van der Waals surface area contributed by atoms with Crippen molar-refractivity contribution < 1.29 is 4.79 Å². The molecular weight excluding hydrogens is 284 g/mol. The summed E-state index contributed by atoms with van der Waals surface area (Å²) in [7, 11) is 1.89. The minimum absolute atomic E-state index is 0. The molecule has 1 N–H and O–H groups in total. The number of carbonyl (C=O) groups excluding carboxylic acids is 1. The monoisotopic (exact) mass is 310 g/mol. The van der Waals surface area contributed by atoms with E-state index in [9.17, 15) is 4.79 Å². The van der Waals surface area contributed by atoms with Crippen molar-refractivity contribution in [2.24, 2.45) is 5.92 Å². The van der Waals surface area contributed by atoms with Crippen molar-refractivity contribution in [2.75, 3.05) is 25.0 Å². The Morgan fingerprint density at radius 3 is 2.14 bits per heavy atom. The molecule has 1 amide bonds. The minimum atomic E-state index is 0. The maximum atomic E-state index is 12.5. The lowest BCUT2D eigenvalue weighted by Gasteiger charge is -2.27. The van der Waals surface area contributed by atoms with E-state index in [0.717, 1.165) is 31.6 Å². The van der Waals surface area contributed by atoms with E-state index in [2.05, 4.69) is 50.4 Å². The first-order valence-corrected chi connectivity index (χ1v) is 7.48. The first kappa shape index (κ1) is 18.0. The number of amides is 1. The number of rotatable bonds is 2. The number of benzene rings is 1. The molecule has 1 saturated heterocycles. The number of hydrogen-bond donors (Lipinski definition) is 1. The largest absolute Gasteiger partial charge is 0.317 e. The lowest BCUT2D eigenvalue weighted by Crippen LogP contribution is -2.39. The summed E-state index contributed by atoms with van der Waals surface area (Å²) in [6, 6.07) is 8.36. The Bertz CT molecular complexity index is 459. The molecule has 3 nitrogen and oxygen atoms in total. The average Bonchev–Trinajstić information content (AvgIpc) is 2.46. The molecule has 1 fully saturated rings. The highest BCUT2D eigenvalue weighted by atomic mass is 35.5. The van der Waals surface area contributed by atoms with Gasteiger partial charge in [0.25, 0.3) is 0 Å². The molecule has 1 aliphatic rings. The number of halogens is 1. The van der Waals surface area contributed by atoms with E-state index in [4.69, 9.17) is 0 Å². The van der Waals surface area contributed by atoms with Crippen LogP contribution >= 0.6 is 12.4 Å². The molecule has 0 unspecified atom stereocenters. The predicted octanol–water partition coefficient (Wildman–Crippen LogP) is 3.37. The number of hydrogen-bond acceptors (Lipinski definition) is 2. The summed E-state index contributed by atoms with van der Waals surface area (Å²) >= 11 is 0. The molecule has 0 spiro atoms. The van der Waals surface area contributed by atoms with Gasteiger partial charge in [-0.05, 0) is 49.0 Å². The first-order chi connectivity index (χ1) is 9.39. The fourth-order valence-corrected chi connectivity index (χ4v) is 2.66. The van der Waals surface area contributed by atoms with E-state index in [1.807, 2.05) is 11.9 Å². The van der Waals surface area contributed by atoms with Crippen LogP contribution in [0.25, 0.3) is 0 Å². The number of nitrogens with zero attached hydrogens (tertiary/aromatic N) is 1. The molecule has 1 aromatic rings. The Morgan fingerprint density at radius 1 is 1.14 bits per heavy atom. The quantitative estimate of drug-likeness (QED) is 0.908. The van der Waals surface area contributed by atoms with E-state index in [-0.39, 0.29) is 29.6 Å². The van der Waals surface area contributed by atoms with Gasteiger partial charge in [0.05, 0.1) is 0 Å². The van der Waals surface area contributed by atoms with Gasteiger partial charge in [0.1, 0.15) is 0 Å². The standard InChI is InChI=1S/C17H26N2O.ClH/c1-17(2,3)14-5-7-15(8-6-14)19(4)16(20)13-9-11-18-12-10-13;/h5-8,13,18H,9-12H2,1-4H3;1H. The van der Waals surface area contributed by atoms with Gasteiger partial charge < -0.3 is 10.2 Å². The van der Waals surface area contributed by atoms with Gasteiger partial charge in [0, 0.05) is 18.7 Å². The fourth-order valence-electron chi connectivity index (χ4n) is 2.66. The molecule has 0 bridgehead atoms. The Labute approximate surface area is 134 Å². The molecular formula is C17H27ClN2O. The van der Waals surface area contributed by atoms with Crippen molar-refractivity contribution in [1.29, 1.82) is 0 Å². The van der Waals surface area contributed by atoms with Gasteiger partial charge in [-0.25, -0.2) is 0 Å². The van der Waals surface area contributed by atoms with Crippen molar-refractivity contribution in [3.63, 3.8) is 0 Å². The van der Waals surface area contributed by atoms with Gasteiger partial charge in [0.15, 0.2) is 0 Å². The average molecular weight is 311 g/mol. The van der Waals surface area contributed by atoms with Crippen LogP contribution in [0.3, 0.4) is 0 Å². The zero-order valence-electron chi connectivity index (χ0n) is 13.5. The number of nitrogens with one attached hydrogen (secondary N) is 1. The van der Waals surface area contributed by atoms with Crippen molar-refractivity contribution in [2.45, 2.75) is 39.0 Å². The second-order valence-corrected chi connectivity index (χ2v) is 6.72. The maximum absolute atomic E-state index is 12.5. The molecule has 0 radical (unpaired) electrons. The third kappa shape index (κ3) is 4.45. The number of anilines is 1. The topological polar surface area (TPSA) is 32.3 Å². The van der Waals surface area contributed by atoms with Gasteiger partial charge in [-0.1, -0.05) is 32.9 Å². The lowest BCUT2D eigenvalue weighted by atomic mass is 9.87. The van der Waals surface area contributed by atoms with E-state index in [1.54, 1.807) is 0 Å². The second-order valence-electron chi connectivity index (χ2n) is 6.72. The zero-order valence-corrected chi connectivity index (χ0v) is 14.3. The van der Waals surface area contributed by atoms with Crippen molar-refractivity contribution in [3.8, 4) is 0 Å². The molecule has 1 aliphatic heterocycles. The van der Waals surface area contributed by atoms with Crippen LogP contribution in [0, 0.1) is 5.92 Å². The van der Waals surface area contributed by atoms with Crippen LogP contribution in [-0.2, 0) is 10.2 Å². The molecule has 21 heavy (non-hydrogen) atoms. The highest BCUT2D eigenvalue weighted by Crippen LogP contribution is 2.26. The number of piperidine rings is 1. The SMILES string of the molecule is CN(C(=O)C1CCNCC1)c1ccc(C(C)(C)C)cc1.Cl. The van der Waals surface area contributed by atoms with E-state index >= 15 is 0 Å². The Kier molecular flexibility index (Phi) is 6.24. The van der Waals surface area contributed by atoms with Gasteiger partial charge in [-0.15, -0.1) is 12.4 Å². The van der Waals surface area contributed by atoms with Crippen molar-refractivity contribution in [3.05, 3.63) is 29.8 Å². The lowest BCUT2D eigenvalue weighted by molar-refractivity contribution is -0.122. The molecule has 118 valence electrons. The highest BCUT2D eigenvalue weighted by Gasteiger charge is 2.24. The van der Waals surface area contributed by atoms with E-state index in [0.29, 0.717) is 0 Å². The Hall–Kier alpha value is -1.06. The molecule has 4 heteroatoms. The van der Waals surface area contributed by atoms with Gasteiger partial charge >= 0.3 is 0 Å². The number of carbonyl (C=O) groups is 1. The van der Waals surface area contributed by atoms with Crippen LogP contribution in [0.1, 0.15) is 39.2 Å². The molecule has 1 aromatic carbocycles. The van der Waals surface area contributed by atoms with E-state index in [1.165, 1.54) is 5.56 Å². The second kappa shape index (κ2) is 7.28. The summed E-state index contributed by atoms with van der Waals surface area (Å²) in [4.78, 5) is 14.3. The van der Waals surface area contributed by atoms with Crippen molar-refractivity contribution >= 4 is 24.0 Å². The van der Waals surface area contributed by atoms with Crippen LogP contribution in [0.15, 0.2) is 24.3 Å². The summed E-state index contributed by atoms with van der Waals surface area (Å²) < 4.78 is 0. The fraction of sp³-hybridized carbons (Fsp3) is 0.588. The smallest absolute Gasteiger partial charge is 0.229 e. The predicted molar refractivity (Wildman–Crippen MR) is 91.4 cm³/mol. The Balaban J connectivity index is 0.00000220. The van der Waals surface area contributed by atoms with Crippen LogP contribution in [-0.4, -0.2) is 26.0 Å². The van der Waals surface area contributed by atoms with Gasteiger partial charge in [0.2, 0.25) is 5.91 Å².